The van der Waals surface area contributed by atoms with Crippen molar-refractivity contribution in [3.05, 3.63) is 56.4 Å². The topological polar surface area (TPSA) is 155 Å². The Labute approximate surface area is 159 Å². The SMILES string of the molecule is CC(=O)c1c(C)[nH]c(C(=O)OCC(=O)Nc2ccc([N+](=O)[O-])cc2C#N)c1C. The zero-order valence-electron chi connectivity index (χ0n) is 15.3. The van der Waals surface area contributed by atoms with Gasteiger partial charge in [-0.3, -0.25) is 19.7 Å². The molecule has 0 fully saturated rings. The molecule has 1 aromatic carbocycles. The van der Waals surface area contributed by atoms with Crippen LogP contribution in [-0.4, -0.2) is 34.2 Å². The zero-order chi connectivity index (χ0) is 21.0. The lowest BCUT2D eigenvalue weighted by Gasteiger charge is -2.08. The van der Waals surface area contributed by atoms with Crippen LogP contribution in [0, 0.1) is 35.3 Å². The van der Waals surface area contributed by atoms with Crippen LogP contribution in [0.2, 0.25) is 0 Å². The Bertz CT molecular complexity index is 1030. The Balaban J connectivity index is 2.06. The number of nitriles is 1. The third-order valence-electron chi connectivity index (χ3n) is 3.94. The van der Waals surface area contributed by atoms with Crippen LogP contribution in [0.15, 0.2) is 18.2 Å². The van der Waals surface area contributed by atoms with Crippen LogP contribution in [0.25, 0.3) is 0 Å². The first-order chi connectivity index (χ1) is 13.1. The lowest BCUT2D eigenvalue weighted by Crippen LogP contribution is -2.22. The lowest BCUT2D eigenvalue weighted by atomic mass is 10.1. The van der Waals surface area contributed by atoms with Gasteiger partial charge in [-0.25, -0.2) is 4.79 Å². The van der Waals surface area contributed by atoms with Gasteiger partial charge in [0.05, 0.1) is 16.2 Å². The molecule has 0 spiro atoms. The Morgan fingerprint density at radius 2 is 2.00 bits per heavy atom. The number of nitrogens with one attached hydrogen (secondary N) is 2. The molecular weight excluding hydrogens is 368 g/mol. The number of carbonyl (C=O) groups excluding carboxylic acids is 3. The summed E-state index contributed by atoms with van der Waals surface area (Å²) < 4.78 is 4.94. The number of esters is 1. The van der Waals surface area contributed by atoms with E-state index in [0.717, 1.165) is 12.1 Å². The van der Waals surface area contributed by atoms with Crippen molar-refractivity contribution >= 4 is 29.0 Å². The monoisotopic (exact) mass is 384 g/mol. The van der Waals surface area contributed by atoms with E-state index >= 15 is 0 Å². The maximum Gasteiger partial charge on any atom is 0.355 e. The average molecular weight is 384 g/mol. The highest BCUT2D eigenvalue weighted by atomic mass is 16.6. The fourth-order valence-electron chi connectivity index (χ4n) is 2.72. The zero-order valence-corrected chi connectivity index (χ0v) is 15.3. The summed E-state index contributed by atoms with van der Waals surface area (Å²) in [6.45, 7) is 3.97. The van der Waals surface area contributed by atoms with Crippen molar-refractivity contribution < 1.29 is 24.0 Å². The van der Waals surface area contributed by atoms with Crippen molar-refractivity contribution in [1.82, 2.24) is 4.98 Å². The van der Waals surface area contributed by atoms with Crippen LogP contribution < -0.4 is 5.32 Å². The fourth-order valence-corrected chi connectivity index (χ4v) is 2.72. The van der Waals surface area contributed by atoms with Gasteiger partial charge in [-0.05, 0) is 32.4 Å². The lowest BCUT2D eigenvalue weighted by molar-refractivity contribution is -0.384. The van der Waals surface area contributed by atoms with E-state index in [0.29, 0.717) is 16.8 Å². The van der Waals surface area contributed by atoms with Gasteiger partial charge < -0.3 is 15.0 Å². The van der Waals surface area contributed by atoms with Gasteiger partial charge in [0.1, 0.15) is 11.8 Å². The average Bonchev–Trinajstić information content (AvgIpc) is 2.94. The number of nitro benzene ring substituents is 1. The van der Waals surface area contributed by atoms with Crippen LogP contribution in [0.5, 0.6) is 0 Å². The van der Waals surface area contributed by atoms with Crippen molar-refractivity contribution in [3.63, 3.8) is 0 Å². The maximum absolute atomic E-state index is 12.2. The van der Waals surface area contributed by atoms with Crippen LogP contribution >= 0.6 is 0 Å². The Morgan fingerprint density at radius 3 is 2.54 bits per heavy atom. The minimum absolute atomic E-state index is 0.0555. The molecule has 1 aromatic heterocycles. The van der Waals surface area contributed by atoms with E-state index in [1.54, 1.807) is 19.9 Å². The number of amides is 1. The van der Waals surface area contributed by atoms with Crippen LogP contribution in [0.1, 0.15) is 44.6 Å². The number of aromatic nitrogens is 1. The van der Waals surface area contributed by atoms with E-state index in [9.17, 15) is 24.5 Å². The largest absolute Gasteiger partial charge is 0.451 e. The second-order valence-electron chi connectivity index (χ2n) is 5.90. The number of ketones is 1. The summed E-state index contributed by atoms with van der Waals surface area (Å²) in [6.07, 6.45) is 0. The molecule has 2 aromatic rings. The molecule has 0 saturated carbocycles. The summed E-state index contributed by atoms with van der Waals surface area (Å²) in [7, 11) is 0. The minimum Gasteiger partial charge on any atom is -0.451 e. The number of Topliss-reactive ketones (excluding diaryl/α,β-unsaturated/α-hetero) is 1. The van der Waals surface area contributed by atoms with Crippen molar-refractivity contribution in [3.8, 4) is 6.07 Å². The number of aryl methyl sites for hydroxylation is 1. The number of H-pyrrole nitrogens is 1. The first kappa shape index (κ1) is 20.3. The van der Waals surface area contributed by atoms with E-state index in [1.807, 2.05) is 0 Å². The second kappa shape index (κ2) is 8.13. The quantitative estimate of drug-likeness (QED) is 0.335. The molecule has 0 aliphatic heterocycles. The highest BCUT2D eigenvalue weighted by Gasteiger charge is 2.21. The molecule has 144 valence electrons. The molecule has 0 aliphatic rings. The second-order valence-corrected chi connectivity index (χ2v) is 5.90. The van der Waals surface area contributed by atoms with Gasteiger partial charge in [0.2, 0.25) is 0 Å². The van der Waals surface area contributed by atoms with Gasteiger partial charge in [0, 0.05) is 23.4 Å². The summed E-state index contributed by atoms with van der Waals surface area (Å²) in [5, 5.41) is 22.2. The smallest absolute Gasteiger partial charge is 0.355 e. The molecule has 2 N–H and O–H groups in total. The summed E-state index contributed by atoms with van der Waals surface area (Å²) in [5.41, 5.74) is 1.07. The number of carbonyl (C=O) groups is 3. The molecule has 1 heterocycles. The number of nitrogens with zero attached hydrogens (tertiary/aromatic N) is 2. The van der Waals surface area contributed by atoms with Crippen molar-refractivity contribution in [1.29, 1.82) is 5.26 Å². The number of nitro groups is 1. The van der Waals surface area contributed by atoms with E-state index in [2.05, 4.69) is 10.3 Å². The summed E-state index contributed by atoms with van der Waals surface area (Å²) in [4.78, 5) is 48.6. The molecule has 0 saturated heterocycles. The summed E-state index contributed by atoms with van der Waals surface area (Å²) in [6, 6.07) is 5.13. The van der Waals surface area contributed by atoms with E-state index in [-0.39, 0.29) is 28.4 Å². The van der Waals surface area contributed by atoms with Gasteiger partial charge in [0.15, 0.2) is 12.4 Å². The van der Waals surface area contributed by atoms with Gasteiger partial charge in [0.25, 0.3) is 11.6 Å². The molecular formula is C18H16N4O6. The Hall–Kier alpha value is -4.00. The van der Waals surface area contributed by atoms with Gasteiger partial charge in [-0.15, -0.1) is 0 Å². The molecule has 1 amide bonds. The van der Waals surface area contributed by atoms with Crippen LogP contribution in [-0.2, 0) is 9.53 Å². The number of benzene rings is 1. The number of aromatic amines is 1. The minimum atomic E-state index is -0.813. The molecule has 0 atom stereocenters. The predicted molar refractivity (Wildman–Crippen MR) is 97.0 cm³/mol. The van der Waals surface area contributed by atoms with Crippen molar-refractivity contribution in [2.75, 3.05) is 11.9 Å². The van der Waals surface area contributed by atoms with Gasteiger partial charge in [-0.2, -0.15) is 5.26 Å². The summed E-state index contributed by atoms with van der Waals surface area (Å²) in [5.74, 6) is -1.75. The number of ether oxygens (including phenoxy) is 1. The number of hydrogen-bond donors (Lipinski definition) is 2. The van der Waals surface area contributed by atoms with Crippen LogP contribution in [0.3, 0.4) is 0 Å². The molecule has 0 unspecified atom stereocenters. The molecule has 0 bridgehead atoms. The molecule has 0 radical (unpaired) electrons. The fraction of sp³-hybridized carbons (Fsp3) is 0.222. The molecule has 10 heteroatoms. The highest BCUT2D eigenvalue weighted by molar-refractivity contribution is 6.02. The predicted octanol–water partition coefficient (Wildman–Crippen LogP) is 2.41. The number of anilines is 1. The van der Waals surface area contributed by atoms with E-state index in [4.69, 9.17) is 10.00 Å². The molecule has 0 aliphatic carbocycles. The maximum atomic E-state index is 12.2. The molecule has 28 heavy (non-hydrogen) atoms. The van der Waals surface area contributed by atoms with Crippen LogP contribution in [0.4, 0.5) is 11.4 Å². The number of rotatable bonds is 6. The van der Waals surface area contributed by atoms with E-state index < -0.39 is 23.4 Å². The van der Waals surface area contributed by atoms with Crippen molar-refractivity contribution in [2.45, 2.75) is 20.8 Å². The summed E-state index contributed by atoms with van der Waals surface area (Å²) >= 11 is 0. The number of hydrogen-bond acceptors (Lipinski definition) is 7. The van der Waals surface area contributed by atoms with E-state index in [1.165, 1.54) is 13.0 Å². The third kappa shape index (κ3) is 4.21. The first-order valence-electron chi connectivity index (χ1n) is 8.01. The first-order valence-corrected chi connectivity index (χ1v) is 8.01. The van der Waals surface area contributed by atoms with Gasteiger partial charge >= 0.3 is 5.97 Å². The van der Waals surface area contributed by atoms with Crippen molar-refractivity contribution in [2.24, 2.45) is 0 Å². The number of non-ortho nitro benzene ring substituents is 1. The molecule has 2 rings (SSSR count). The molecule has 10 nitrogen and oxygen atoms in total. The third-order valence-corrected chi connectivity index (χ3v) is 3.94. The standard InChI is InChI=1S/C18H16N4O6/c1-9-16(11(3)23)10(2)20-17(9)18(25)28-8-15(24)21-14-5-4-13(22(26)27)6-12(14)7-19/h4-6,20H,8H2,1-3H3,(H,21,24). The Kier molecular flexibility index (Phi) is 5.90. The normalized spacial score (nSPS) is 10.1. The Morgan fingerprint density at radius 1 is 1.32 bits per heavy atom. The van der Waals surface area contributed by atoms with Gasteiger partial charge in [-0.1, -0.05) is 0 Å². The highest BCUT2D eigenvalue weighted by Crippen LogP contribution is 2.22.